The molecule has 0 saturated carbocycles. The van der Waals surface area contributed by atoms with E-state index in [4.69, 9.17) is 0 Å². The van der Waals surface area contributed by atoms with Gasteiger partial charge in [0.25, 0.3) is 0 Å². The van der Waals surface area contributed by atoms with Crippen LogP contribution in [0.3, 0.4) is 0 Å². The highest BCUT2D eigenvalue weighted by atomic mass is 32.2. The zero-order valence-corrected chi connectivity index (χ0v) is 23.3. The lowest BCUT2D eigenvalue weighted by Gasteiger charge is -2.32. The molecule has 1 aliphatic carbocycles. The van der Waals surface area contributed by atoms with E-state index < -0.39 is 0 Å². The average molecular weight is 541 g/mol. The average Bonchev–Trinajstić information content (AvgIpc) is 2.91. The summed E-state index contributed by atoms with van der Waals surface area (Å²) >= 11 is 3.93. The van der Waals surface area contributed by atoms with Crippen molar-refractivity contribution < 1.29 is 0 Å². The Morgan fingerprint density at radius 1 is 0.444 bits per heavy atom. The fraction of sp³-hybridized carbons (Fsp3) is 0.188. The van der Waals surface area contributed by atoms with Crippen molar-refractivity contribution in [1.29, 1.82) is 0 Å². The molecule has 2 aliphatic heterocycles. The summed E-state index contributed by atoms with van der Waals surface area (Å²) in [4.78, 5) is 12.1. The van der Waals surface area contributed by atoms with E-state index in [0.717, 1.165) is 0 Å². The Balaban J connectivity index is 1.43. The molecule has 4 aromatic rings. The zero-order valence-electron chi connectivity index (χ0n) is 20.0. The van der Waals surface area contributed by atoms with Gasteiger partial charge in [-0.3, -0.25) is 0 Å². The second-order valence-electron chi connectivity index (χ2n) is 9.37. The van der Waals surface area contributed by atoms with Crippen LogP contribution >= 0.6 is 23.5 Å². The van der Waals surface area contributed by atoms with Gasteiger partial charge in [-0.2, -0.15) is 0 Å². The van der Waals surface area contributed by atoms with E-state index in [1.165, 1.54) is 45.3 Å². The van der Waals surface area contributed by atoms with Crippen molar-refractivity contribution >= 4 is 45.3 Å². The molecule has 4 aromatic carbocycles. The first kappa shape index (κ1) is 23.2. The fourth-order valence-electron chi connectivity index (χ4n) is 5.66. The molecule has 4 heteroatoms. The van der Waals surface area contributed by atoms with Gasteiger partial charge < -0.3 is 0 Å². The predicted octanol–water partition coefficient (Wildman–Crippen LogP) is 9.26. The molecule has 2 atom stereocenters. The molecule has 0 aromatic heterocycles. The van der Waals surface area contributed by atoms with Crippen LogP contribution in [0.2, 0.25) is 0 Å². The van der Waals surface area contributed by atoms with Gasteiger partial charge in [-0.1, -0.05) is 84.2 Å². The van der Waals surface area contributed by atoms with Crippen molar-refractivity contribution in [2.75, 3.05) is 0 Å². The summed E-state index contributed by atoms with van der Waals surface area (Å²) in [6.07, 6.45) is 9.75. The van der Waals surface area contributed by atoms with E-state index in [9.17, 15) is 0 Å². The fourth-order valence-corrected chi connectivity index (χ4v) is 15.1. The summed E-state index contributed by atoms with van der Waals surface area (Å²) < 4.78 is 0. The Hall–Kier alpha value is -1.98. The van der Waals surface area contributed by atoms with Gasteiger partial charge in [-0.05, 0) is 61.4 Å². The standard InChI is InChI=1S/C32H28S4/c1-2-4-22-32(36-29-19-11-7-15-25(29)34-26-16-8-12-20-30(26)36)31(21-3-1)35-27-17-9-5-13-23(27)33-24-14-6-10-18-28(24)35/h1-2,5-20,31-32H,3-4,21-22H2/q+2/b2-1-/t31-,32-/m0/s1. The van der Waals surface area contributed by atoms with Gasteiger partial charge in [0, 0.05) is 12.8 Å². The minimum absolute atomic E-state index is 0.0603. The van der Waals surface area contributed by atoms with E-state index >= 15 is 0 Å². The molecule has 0 saturated heterocycles. The minimum Gasteiger partial charge on any atom is -0.0883 e. The lowest BCUT2D eigenvalue weighted by molar-refractivity contribution is 0.653. The number of benzene rings is 4. The third-order valence-corrected chi connectivity index (χ3v) is 15.9. The molecule has 0 N–H and O–H groups in total. The van der Waals surface area contributed by atoms with Crippen LogP contribution < -0.4 is 0 Å². The SMILES string of the molecule is C1=C\CC[C@H]([S+]2c3ccccc3Sc3ccccc32)[C@@H]([S+]2c3ccccc3Sc3ccccc32)CC/1. The Morgan fingerprint density at radius 2 is 0.750 bits per heavy atom. The van der Waals surface area contributed by atoms with Gasteiger partial charge >= 0.3 is 0 Å². The van der Waals surface area contributed by atoms with Gasteiger partial charge in [0.05, 0.1) is 41.4 Å². The summed E-state index contributed by atoms with van der Waals surface area (Å²) in [6, 6.07) is 37.0. The lowest BCUT2D eigenvalue weighted by Crippen LogP contribution is -2.42. The van der Waals surface area contributed by atoms with Crippen molar-refractivity contribution in [3.63, 3.8) is 0 Å². The Labute approximate surface area is 228 Å². The second kappa shape index (κ2) is 10.1. The first-order valence-corrected chi connectivity index (χ1v) is 16.9. The van der Waals surface area contributed by atoms with Crippen LogP contribution in [-0.4, -0.2) is 10.5 Å². The highest BCUT2D eigenvalue weighted by Gasteiger charge is 2.54. The van der Waals surface area contributed by atoms with E-state index in [1.807, 2.05) is 23.5 Å². The van der Waals surface area contributed by atoms with Gasteiger partial charge in [-0.15, -0.1) is 0 Å². The molecule has 0 amide bonds. The summed E-state index contributed by atoms with van der Waals surface area (Å²) in [5.74, 6) is 0. The molecule has 178 valence electrons. The van der Waals surface area contributed by atoms with Crippen LogP contribution in [0.4, 0.5) is 0 Å². The Bertz CT molecular complexity index is 1240. The van der Waals surface area contributed by atoms with E-state index in [2.05, 4.69) is 109 Å². The monoisotopic (exact) mass is 540 g/mol. The highest BCUT2D eigenvalue weighted by Crippen LogP contribution is 2.53. The van der Waals surface area contributed by atoms with Gasteiger partial charge in [0.1, 0.15) is 0 Å². The number of hydrogen-bond donors (Lipinski definition) is 0. The summed E-state index contributed by atoms with van der Waals surface area (Å²) in [6.45, 7) is 0. The molecule has 0 unspecified atom stereocenters. The quantitative estimate of drug-likeness (QED) is 0.184. The van der Waals surface area contributed by atoms with Crippen molar-refractivity contribution in [3.8, 4) is 0 Å². The Kier molecular flexibility index (Phi) is 6.47. The van der Waals surface area contributed by atoms with Crippen molar-refractivity contribution in [1.82, 2.24) is 0 Å². The van der Waals surface area contributed by atoms with Crippen molar-refractivity contribution in [2.45, 2.75) is 75.3 Å². The molecule has 2 heterocycles. The van der Waals surface area contributed by atoms with Crippen molar-refractivity contribution in [2.24, 2.45) is 0 Å². The maximum Gasteiger partial charge on any atom is 0.177 e. The molecule has 0 radical (unpaired) electrons. The van der Waals surface area contributed by atoms with Crippen LogP contribution in [0.15, 0.2) is 148 Å². The molecule has 0 bridgehead atoms. The molecular weight excluding hydrogens is 513 g/mol. The smallest absolute Gasteiger partial charge is 0.0883 e. The third kappa shape index (κ3) is 4.07. The molecular formula is C32H28S4+2. The number of fused-ring (bicyclic) bond motifs is 4. The third-order valence-electron chi connectivity index (χ3n) is 7.21. The first-order valence-electron chi connectivity index (χ1n) is 12.7. The van der Waals surface area contributed by atoms with Gasteiger partial charge in [-0.25, -0.2) is 0 Å². The van der Waals surface area contributed by atoms with Crippen LogP contribution in [0, 0.1) is 0 Å². The minimum atomic E-state index is 0.0603. The summed E-state index contributed by atoms with van der Waals surface area (Å²) in [7, 11) is 0.121. The second-order valence-corrected chi connectivity index (χ2v) is 15.9. The van der Waals surface area contributed by atoms with Gasteiger partial charge in [0.15, 0.2) is 30.1 Å². The van der Waals surface area contributed by atoms with Crippen LogP contribution in [0.5, 0.6) is 0 Å². The van der Waals surface area contributed by atoms with E-state index in [-0.39, 0.29) is 21.8 Å². The largest absolute Gasteiger partial charge is 0.177 e. The molecule has 0 fully saturated rings. The highest BCUT2D eigenvalue weighted by molar-refractivity contribution is 8.06. The molecule has 0 nitrogen and oxygen atoms in total. The van der Waals surface area contributed by atoms with E-state index in [0.29, 0.717) is 10.5 Å². The number of rotatable bonds is 2. The maximum absolute atomic E-state index is 2.45. The number of allylic oxidation sites excluding steroid dienone is 2. The molecule has 36 heavy (non-hydrogen) atoms. The Morgan fingerprint density at radius 3 is 1.08 bits per heavy atom. The maximum atomic E-state index is 2.45. The number of hydrogen-bond acceptors (Lipinski definition) is 2. The summed E-state index contributed by atoms with van der Waals surface area (Å²) in [5.41, 5.74) is 0. The van der Waals surface area contributed by atoms with Crippen LogP contribution in [-0.2, 0) is 21.8 Å². The molecule has 0 spiro atoms. The predicted molar refractivity (Wildman–Crippen MR) is 157 cm³/mol. The van der Waals surface area contributed by atoms with Gasteiger partial charge in [0.2, 0.25) is 0 Å². The van der Waals surface area contributed by atoms with E-state index in [1.54, 1.807) is 19.6 Å². The van der Waals surface area contributed by atoms with Crippen LogP contribution in [0.1, 0.15) is 25.7 Å². The molecule has 7 rings (SSSR count). The topological polar surface area (TPSA) is 0 Å². The molecule has 3 aliphatic rings. The lowest BCUT2D eigenvalue weighted by atomic mass is 10.1. The van der Waals surface area contributed by atoms with Crippen molar-refractivity contribution in [3.05, 3.63) is 109 Å². The normalized spacial score (nSPS) is 22.3. The summed E-state index contributed by atoms with van der Waals surface area (Å²) in [5, 5.41) is 1.23. The van der Waals surface area contributed by atoms with Crippen LogP contribution in [0.25, 0.3) is 0 Å². The zero-order chi connectivity index (χ0) is 23.9. The first-order chi connectivity index (χ1) is 17.9.